The van der Waals surface area contributed by atoms with Crippen LogP contribution in [-0.2, 0) is 0 Å². The molecule has 3 heteroatoms. The highest BCUT2D eigenvalue weighted by Crippen LogP contribution is 2.32. The van der Waals surface area contributed by atoms with Crippen LogP contribution in [0.5, 0.6) is 0 Å². The number of furan rings is 1. The van der Waals surface area contributed by atoms with Gasteiger partial charge in [-0.05, 0) is 29.0 Å². The van der Waals surface area contributed by atoms with Crippen molar-refractivity contribution in [3.63, 3.8) is 0 Å². The lowest BCUT2D eigenvalue weighted by Crippen LogP contribution is -2.02. The highest BCUT2D eigenvalue weighted by molar-refractivity contribution is 6.41. The van der Waals surface area contributed by atoms with Crippen LogP contribution in [0.3, 0.4) is 0 Å². The molecule has 2 aromatic carbocycles. The van der Waals surface area contributed by atoms with Crippen molar-refractivity contribution in [3.8, 4) is 0 Å². The van der Waals surface area contributed by atoms with Crippen LogP contribution in [0.15, 0.2) is 53.1 Å². The molecule has 0 fully saturated rings. The van der Waals surface area contributed by atoms with Crippen molar-refractivity contribution in [2.45, 2.75) is 0 Å². The molecule has 0 saturated heterocycles. The number of fused-ring (bicyclic) bond motifs is 5. The Balaban J connectivity index is 2.39. The number of nitrogens with zero attached hydrogens (tertiary/aromatic N) is 1. The summed E-state index contributed by atoms with van der Waals surface area (Å²) in [6.07, 6.45) is 1.73. The van der Waals surface area contributed by atoms with E-state index in [0.717, 1.165) is 32.6 Å². The van der Waals surface area contributed by atoms with E-state index < -0.39 is 0 Å². The van der Waals surface area contributed by atoms with Crippen molar-refractivity contribution < 1.29 is 4.42 Å². The fraction of sp³-hybridized carbons (Fsp3) is 0. The molecule has 0 unspecified atom stereocenters. The monoisotopic (exact) mass is 229 g/mol. The molecule has 0 aliphatic rings. The summed E-state index contributed by atoms with van der Waals surface area (Å²) in [7, 11) is 6.06. The maximum Gasteiger partial charge on any atom is 0.227 e. The van der Waals surface area contributed by atoms with Gasteiger partial charge in [-0.2, -0.15) is 0 Å². The maximum absolute atomic E-state index is 6.06. The van der Waals surface area contributed by atoms with Gasteiger partial charge < -0.3 is 4.42 Å². The van der Waals surface area contributed by atoms with Crippen LogP contribution in [0.25, 0.3) is 32.8 Å². The minimum absolute atomic E-state index is 0.656. The molecule has 0 bridgehead atoms. The number of aromatic nitrogens is 1. The molecule has 0 atom stereocenters. The van der Waals surface area contributed by atoms with Crippen molar-refractivity contribution in [1.82, 2.24) is 4.98 Å². The topological polar surface area (TPSA) is 26.0 Å². The number of rotatable bonds is 0. The minimum Gasteiger partial charge on any atom is -0.438 e. The SMILES string of the molecule is [B]c1cc2oc3ncccc3c2c2ccccc12. The number of hydrogen-bond acceptors (Lipinski definition) is 2. The summed E-state index contributed by atoms with van der Waals surface area (Å²) in [6.45, 7) is 0. The zero-order valence-corrected chi connectivity index (χ0v) is 9.55. The smallest absolute Gasteiger partial charge is 0.227 e. The molecule has 2 radical (unpaired) electrons. The summed E-state index contributed by atoms with van der Waals surface area (Å²) < 4.78 is 5.75. The van der Waals surface area contributed by atoms with Gasteiger partial charge in [0.1, 0.15) is 13.4 Å². The highest BCUT2D eigenvalue weighted by Gasteiger charge is 2.11. The predicted octanol–water partition coefficient (Wildman–Crippen LogP) is 2.93. The van der Waals surface area contributed by atoms with Crippen molar-refractivity contribution in [1.29, 1.82) is 0 Å². The summed E-state index contributed by atoms with van der Waals surface area (Å²) in [6, 6.07) is 13.9. The Morgan fingerprint density at radius 1 is 0.944 bits per heavy atom. The molecule has 2 heterocycles. The van der Waals surface area contributed by atoms with E-state index in [1.807, 2.05) is 36.4 Å². The fourth-order valence-corrected chi connectivity index (χ4v) is 2.50. The quantitative estimate of drug-likeness (QED) is 0.433. The van der Waals surface area contributed by atoms with Crippen LogP contribution < -0.4 is 5.46 Å². The van der Waals surface area contributed by atoms with E-state index in [1.54, 1.807) is 6.20 Å². The summed E-state index contributed by atoms with van der Waals surface area (Å²) in [5.41, 5.74) is 2.18. The van der Waals surface area contributed by atoms with Gasteiger partial charge in [0.05, 0.1) is 0 Å². The molecule has 82 valence electrons. The van der Waals surface area contributed by atoms with Gasteiger partial charge in [-0.3, -0.25) is 0 Å². The Labute approximate surface area is 105 Å². The van der Waals surface area contributed by atoms with Crippen molar-refractivity contribution in [3.05, 3.63) is 48.7 Å². The molecule has 4 aromatic rings. The Hall–Kier alpha value is -2.29. The molecule has 0 spiro atoms. The Morgan fingerprint density at radius 2 is 1.72 bits per heavy atom. The summed E-state index contributed by atoms with van der Waals surface area (Å²) >= 11 is 0. The maximum atomic E-state index is 6.06. The van der Waals surface area contributed by atoms with Crippen molar-refractivity contribution in [2.24, 2.45) is 0 Å². The molecule has 2 nitrogen and oxygen atoms in total. The standard InChI is InChI=1S/C15H8BNO/c16-12-8-13-14(10-5-2-1-4-9(10)12)11-6-3-7-17-15(11)18-13/h1-8H. The second-order valence-electron chi connectivity index (χ2n) is 4.34. The molecule has 0 N–H and O–H groups in total. The Bertz CT molecular complexity index is 895. The zero-order chi connectivity index (χ0) is 12.1. The third-order valence-electron chi connectivity index (χ3n) is 3.29. The van der Waals surface area contributed by atoms with Gasteiger partial charge in [-0.25, -0.2) is 4.98 Å². The van der Waals surface area contributed by atoms with E-state index in [-0.39, 0.29) is 0 Å². The molecule has 2 aromatic heterocycles. The first kappa shape index (κ1) is 9.72. The fourth-order valence-electron chi connectivity index (χ4n) is 2.50. The third kappa shape index (κ3) is 1.16. The van der Waals surface area contributed by atoms with Crippen LogP contribution in [0.4, 0.5) is 0 Å². The molecule has 0 aliphatic carbocycles. The Kier molecular flexibility index (Phi) is 1.81. The molecule has 0 saturated carbocycles. The van der Waals surface area contributed by atoms with E-state index in [4.69, 9.17) is 12.3 Å². The highest BCUT2D eigenvalue weighted by atomic mass is 16.3. The van der Waals surface area contributed by atoms with Gasteiger partial charge in [0.2, 0.25) is 5.71 Å². The first-order valence-corrected chi connectivity index (χ1v) is 5.79. The second kappa shape index (κ2) is 3.36. The normalized spacial score (nSPS) is 11.6. The average Bonchev–Trinajstić information content (AvgIpc) is 2.77. The lowest BCUT2D eigenvalue weighted by Gasteiger charge is -2.03. The molecule has 4 rings (SSSR count). The van der Waals surface area contributed by atoms with E-state index in [1.165, 1.54) is 0 Å². The average molecular weight is 229 g/mol. The van der Waals surface area contributed by atoms with Gasteiger partial charge >= 0.3 is 0 Å². The van der Waals surface area contributed by atoms with Gasteiger partial charge in [-0.15, -0.1) is 0 Å². The van der Waals surface area contributed by atoms with Crippen LogP contribution in [0.2, 0.25) is 0 Å². The van der Waals surface area contributed by atoms with Gasteiger partial charge in [0, 0.05) is 17.0 Å². The molecule has 18 heavy (non-hydrogen) atoms. The van der Waals surface area contributed by atoms with E-state index >= 15 is 0 Å². The summed E-state index contributed by atoms with van der Waals surface area (Å²) in [5.74, 6) is 0. The molecule has 0 aliphatic heterocycles. The van der Waals surface area contributed by atoms with E-state index in [9.17, 15) is 0 Å². The molecule has 0 amide bonds. The minimum atomic E-state index is 0.656. The summed E-state index contributed by atoms with van der Waals surface area (Å²) in [4.78, 5) is 4.25. The van der Waals surface area contributed by atoms with Crippen LogP contribution in [-0.4, -0.2) is 12.8 Å². The van der Waals surface area contributed by atoms with Crippen molar-refractivity contribution >= 4 is 46.2 Å². The first-order valence-electron chi connectivity index (χ1n) is 5.79. The Morgan fingerprint density at radius 3 is 2.61 bits per heavy atom. The largest absolute Gasteiger partial charge is 0.438 e. The van der Waals surface area contributed by atoms with Gasteiger partial charge in [-0.1, -0.05) is 29.7 Å². The van der Waals surface area contributed by atoms with Crippen LogP contribution >= 0.6 is 0 Å². The lowest BCUT2D eigenvalue weighted by molar-refractivity contribution is 0.654. The number of pyridine rings is 1. The predicted molar refractivity (Wildman–Crippen MR) is 74.4 cm³/mol. The van der Waals surface area contributed by atoms with Gasteiger partial charge in [0.15, 0.2) is 0 Å². The molecular weight excluding hydrogens is 221 g/mol. The number of hydrogen-bond donors (Lipinski definition) is 0. The zero-order valence-electron chi connectivity index (χ0n) is 9.55. The van der Waals surface area contributed by atoms with E-state index in [0.29, 0.717) is 5.71 Å². The lowest BCUT2D eigenvalue weighted by atomic mass is 9.88. The summed E-state index contributed by atoms with van der Waals surface area (Å²) in [5, 5.41) is 4.28. The third-order valence-corrected chi connectivity index (χ3v) is 3.29. The number of benzene rings is 2. The molecular formula is C15H8BNO. The van der Waals surface area contributed by atoms with Crippen molar-refractivity contribution in [2.75, 3.05) is 0 Å². The van der Waals surface area contributed by atoms with E-state index in [2.05, 4.69) is 11.1 Å². The first-order chi connectivity index (χ1) is 8.84. The van der Waals surface area contributed by atoms with Gasteiger partial charge in [0.25, 0.3) is 0 Å². The second-order valence-corrected chi connectivity index (χ2v) is 4.34. The van der Waals surface area contributed by atoms with Crippen LogP contribution in [0.1, 0.15) is 0 Å². The van der Waals surface area contributed by atoms with Crippen LogP contribution in [0, 0.1) is 0 Å².